The second-order valence-electron chi connectivity index (χ2n) is 4.96. The first-order chi connectivity index (χ1) is 12.0. The maximum atomic E-state index is 12.4. The van der Waals surface area contributed by atoms with Crippen molar-refractivity contribution in [2.24, 2.45) is 0 Å². The summed E-state index contributed by atoms with van der Waals surface area (Å²) in [6, 6.07) is 2.73. The molecular weight excluding hydrogens is 328 g/mol. The highest BCUT2D eigenvalue weighted by Gasteiger charge is 2.27. The van der Waals surface area contributed by atoms with Crippen molar-refractivity contribution < 1.29 is 19.2 Å². The minimum Gasteiger partial charge on any atom is -0.467 e. The molecule has 2 rings (SSSR count). The summed E-state index contributed by atoms with van der Waals surface area (Å²) >= 11 is 0. The maximum absolute atomic E-state index is 12.4. The minimum absolute atomic E-state index is 0.0919. The molecule has 1 heterocycles. The second kappa shape index (κ2) is 7.74. The Balaban J connectivity index is 2.27. The fraction of sp³-hybridized carbons (Fsp3) is 0.188. The highest BCUT2D eigenvalue weighted by molar-refractivity contribution is 6.00. The third kappa shape index (κ3) is 4.20. The van der Waals surface area contributed by atoms with Gasteiger partial charge in [0.15, 0.2) is 0 Å². The Kier molecular flexibility index (Phi) is 5.47. The van der Waals surface area contributed by atoms with Crippen LogP contribution in [0.1, 0.15) is 21.6 Å². The van der Waals surface area contributed by atoms with Crippen LogP contribution in [0.2, 0.25) is 0 Å². The lowest BCUT2D eigenvalue weighted by Crippen LogP contribution is -2.43. The molecule has 128 valence electrons. The number of ether oxygens (including phenoxy) is 1. The van der Waals surface area contributed by atoms with E-state index in [0.717, 1.165) is 6.07 Å². The van der Waals surface area contributed by atoms with E-state index in [2.05, 4.69) is 25.9 Å². The standard InChI is InChI=1S/C16H14N4O5/c1-3-10-4-5-12(14(6-10)20(23)24)15(21)19-13(16(22)25-2)7-11-8-17-9-18-11/h1,4-6,8-9,13H,7H2,2H3,(H,17,18)(H,19,21)/t13-/m1/s1. The van der Waals surface area contributed by atoms with Crippen LogP contribution in [0.25, 0.3) is 0 Å². The van der Waals surface area contributed by atoms with Gasteiger partial charge in [0.2, 0.25) is 0 Å². The minimum atomic E-state index is -1.04. The zero-order valence-electron chi connectivity index (χ0n) is 13.2. The zero-order valence-corrected chi connectivity index (χ0v) is 13.2. The molecule has 0 bridgehead atoms. The van der Waals surface area contributed by atoms with Crippen molar-refractivity contribution in [3.8, 4) is 12.3 Å². The van der Waals surface area contributed by atoms with Gasteiger partial charge >= 0.3 is 5.97 Å². The smallest absolute Gasteiger partial charge is 0.328 e. The molecule has 0 aliphatic rings. The molecule has 0 fully saturated rings. The van der Waals surface area contributed by atoms with Crippen LogP contribution in [0.5, 0.6) is 0 Å². The molecule has 1 amide bonds. The van der Waals surface area contributed by atoms with Crippen molar-refractivity contribution in [1.82, 2.24) is 15.3 Å². The molecule has 9 heteroatoms. The third-order valence-corrected chi connectivity index (χ3v) is 3.38. The first-order valence-electron chi connectivity index (χ1n) is 7.07. The number of methoxy groups -OCH3 is 1. The second-order valence-corrected chi connectivity index (χ2v) is 4.96. The predicted molar refractivity (Wildman–Crippen MR) is 86.6 cm³/mol. The Bertz CT molecular complexity index is 839. The van der Waals surface area contributed by atoms with Gasteiger partial charge in [-0.25, -0.2) is 9.78 Å². The summed E-state index contributed by atoms with van der Waals surface area (Å²) in [6.45, 7) is 0. The molecular formula is C16H14N4O5. The monoisotopic (exact) mass is 342 g/mol. The molecule has 1 atom stereocenters. The number of rotatable bonds is 6. The Morgan fingerprint density at radius 3 is 2.84 bits per heavy atom. The lowest BCUT2D eigenvalue weighted by molar-refractivity contribution is -0.385. The molecule has 0 saturated carbocycles. The number of carbonyl (C=O) groups is 2. The quantitative estimate of drug-likeness (QED) is 0.346. The maximum Gasteiger partial charge on any atom is 0.328 e. The summed E-state index contributed by atoms with van der Waals surface area (Å²) in [7, 11) is 1.18. The van der Waals surface area contributed by atoms with Gasteiger partial charge in [-0.05, 0) is 12.1 Å². The molecule has 0 aliphatic carbocycles. The van der Waals surface area contributed by atoms with Crippen LogP contribution in [0, 0.1) is 22.5 Å². The van der Waals surface area contributed by atoms with E-state index in [-0.39, 0.29) is 17.5 Å². The van der Waals surface area contributed by atoms with Crippen LogP contribution in [0.15, 0.2) is 30.7 Å². The molecule has 1 aromatic carbocycles. The summed E-state index contributed by atoms with van der Waals surface area (Å²) < 4.78 is 4.66. The highest BCUT2D eigenvalue weighted by Crippen LogP contribution is 2.20. The van der Waals surface area contributed by atoms with Crippen LogP contribution in [-0.4, -0.2) is 39.9 Å². The number of hydrogen-bond donors (Lipinski definition) is 2. The van der Waals surface area contributed by atoms with Crippen molar-refractivity contribution >= 4 is 17.6 Å². The Labute approximate surface area is 142 Å². The number of nitro benzene ring substituents is 1. The average molecular weight is 342 g/mol. The number of hydrogen-bond acceptors (Lipinski definition) is 6. The molecule has 0 aliphatic heterocycles. The molecule has 2 N–H and O–H groups in total. The number of aromatic nitrogens is 2. The van der Waals surface area contributed by atoms with E-state index in [1.54, 1.807) is 0 Å². The normalized spacial score (nSPS) is 11.2. The summed E-state index contributed by atoms with van der Waals surface area (Å²) in [5, 5.41) is 13.6. The van der Waals surface area contributed by atoms with Crippen LogP contribution >= 0.6 is 0 Å². The fourth-order valence-electron chi connectivity index (χ4n) is 2.15. The number of esters is 1. The first-order valence-corrected chi connectivity index (χ1v) is 7.07. The van der Waals surface area contributed by atoms with Crippen LogP contribution in [0.3, 0.4) is 0 Å². The lowest BCUT2D eigenvalue weighted by atomic mass is 10.1. The number of benzene rings is 1. The van der Waals surface area contributed by atoms with Crippen molar-refractivity contribution in [2.45, 2.75) is 12.5 Å². The molecule has 0 radical (unpaired) electrons. The van der Waals surface area contributed by atoms with E-state index in [4.69, 9.17) is 6.42 Å². The van der Waals surface area contributed by atoms with Gasteiger partial charge in [0.05, 0.1) is 18.4 Å². The SMILES string of the molecule is C#Cc1ccc(C(=O)N[C@H](Cc2cnc[nH]2)C(=O)OC)c([N+](=O)[O-])c1. The molecule has 1 aromatic heterocycles. The van der Waals surface area contributed by atoms with Crippen LogP contribution in [-0.2, 0) is 16.0 Å². The summed E-state index contributed by atoms with van der Waals surface area (Å²) in [5.41, 5.74) is 0.207. The van der Waals surface area contributed by atoms with Gasteiger partial charge in [-0.1, -0.05) is 5.92 Å². The number of nitrogens with zero attached hydrogens (tertiary/aromatic N) is 2. The van der Waals surface area contributed by atoms with Crippen molar-refractivity contribution in [2.75, 3.05) is 7.11 Å². The lowest BCUT2D eigenvalue weighted by Gasteiger charge is -2.15. The van der Waals surface area contributed by atoms with Gasteiger partial charge < -0.3 is 15.0 Å². The molecule has 9 nitrogen and oxygen atoms in total. The van der Waals surface area contributed by atoms with Gasteiger partial charge in [0.25, 0.3) is 11.6 Å². The van der Waals surface area contributed by atoms with Gasteiger partial charge in [-0.2, -0.15) is 0 Å². The van der Waals surface area contributed by atoms with Crippen molar-refractivity contribution in [3.63, 3.8) is 0 Å². The number of nitrogens with one attached hydrogen (secondary N) is 2. The Morgan fingerprint density at radius 2 is 2.28 bits per heavy atom. The van der Waals surface area contributed by atoms with Crippen molar-refractivity contribution in [1.29, 1.82) is 0 Å². The Morgan fingerprint density at radius 1 is 1.52 bits per heavy atom. The van der Waals surface area contributed by atoms with E-state index in [1.165, 1.54) is 31.8 Å². The predicted octanol–water partition coefficient (Wildman–Crippen LogP) is 0.813. The van der Waals surface area contributed by atoms with Crippen LogP contribution in [0.4, 0.5) is 5.69 Å². The number of imidazole rings is 1. The highest BCUT2D eigenvalue weighted by atomic mass is 16.6. The number of carbonyl (C=O) groups excluding carboxylic acids is 2. The molecule has 0 spiro atoms. The molecule has 0 saturated heterocycles. The number of nitro groups is 1. The van der Waals surface area contributed by atoms with E-state index < -0.39 is 28.5 Å². The largest absolute Gasteiger partial charge is 0.467 e. The number of amides is 1. The van der Waals surface area contributed by atoms with Gasteiger partial charge in [-0.15, -0.1) is 6.42 Å². The number of terminal acetylenes is 1. The number of H-pyrrole nitrogens is 1. The fourth-order valence-corrected chi connectivity index (χ4v) is 2.15. The van der Waals surface area contributed by atoms with E-state index in [9.17, 15) is 19.7 Å². The molecule has 25 heavy (non-hydrogen) atoms. The van der Waals surface area contributed by atoms with E-state index >= 15 is 0 Å². The average Bonchev–Trinajstić information content (AvgIpc) is 3.12. The summed E-state index contributed by atoms with van der Waals surface area (Å²) in [5.74, 6) is 0.789. The van der Waals surface area contributed by atoms with E-state index in [0.29, 0.717) is 5.69 Å². The number of aromatic amines is 1. The zero-order chi connectivity index (χ0) is 18.4. The van der Waals surface area contributed by atoms with Crippen LogP contribution < -0.4 is 5.32 Å². The topological polar surface area (TPSA) is 127 Å². The molecule has 0 unspecified atom stereocenters. The summed E-state index contributed by atoms with van der Waals surface area (Å²) in [4.78, 5) is 41.4. The first kappa shape index (κ1) is 17.7. The Hall–Kier alpha value is -3.67. The summed E-state index contributed by atoms with van der Waals surface area (Å²) in [6.07, 6.45) is 8.23. The third-order valence-electron chi connectivity index (χ3n) is 3.38. The van der Waals surface area contributed by atoms with Gasteiger partial charge in [0.1, 0.15) is 11.6 Å². The van der Waals surface area contributed by atoms with E-state index in [1.807, 2.05) is 0 Å². The van der Waals surface area contributed by atoms with Crippen molar-refractivity contribution in [3.05, 3.63) is 57.7 Å². The molecule has 2 aromatic rings. The van der Waals surface area contributed by atoms with Gasteiger partial charge in [-0.3, -0.25) is 14.9 Å². The van der Waals surface area contributed by atoms with Gasteiger partial charge in [0, 0.05) is 29.9 Å².